The lowest BCUT2D eigenvalue weighted by atomic mass is 9.91. The van der Waals surface area contributed by atoms with Crippen LogP contribution in [0.15, 0.2) is 53.1 Å². The van der Waals surface area contributed by atoms with Crippen molar-refractivity contribution < 1.29 is 14.0 Å². The van der Waals surface area contributed by atoms with Crippen molar-refractivity contribution in [3.63, 3.8) is 0 Å². The molecular formula is C27H33N3O3. The fraction of sp³-hybridized carbons (Fsp3) is 0.481. The summed E-state index contributed by atoms with van der Waals surface area (Å²) >= 11 is 0. The van der Waals surface area contributed by atoms with Crippen molar-refractivity contribution in [1.82, 2.24) is 14.8 Å². The monoisotopic (exact) mass is 447 g/mol. The van der Waals surface area contributed by atoms with Gasteiger partial charge in [0, 0.05) is 24.7 Å². The summed E-state index contributed by atoms with van der Waals surface area (Å²) < 4.78 is 7.53. The molecule has 1 aromatic carbocycles. The molecule has 0 saturated heterocycles. The zero-order chi connectivity index (χ0) is 23.0. The normalized spacial score (nSPS) is 22.7. The van der Waals surface area contributed by atoms with Gasteiger partial charge in [-0.2, -0.15) is 0 Å². The maximum Gasteiger partial charge on any atom is 0.271 e. The summed E-state index contributed by atoms with van der Waals surface area (Å²) in [7, 11) is 0. The van der Waals surface area contributed by atoms with Crippen LogP contribution in [0.25, 0.3) is 11.1 Å². The van der Waals surface area contributed by atoms with E-state index in [-0.39, 0.29) is 23.8 Å². The van der Waals surface area contributed by atoms with Crippen LogP contribution >= 0.6 is 0 Å². The number of amides is 2. The van der Waals surface area contributed by atoms with Gasteiger partial charge < -0.3 is 19.2 Å². The number of carbonyl (C=O) groups is 2. The molecule has 1 N–H and O–H groups in total. The summed E-state index contributed by atoms with van der Waals surface area (Å²) in [5.41, 5.74) is 2.31. The lowest BCUT2D eigenvalue weighted by molar-refractivity contribution is -0.133. The van der Waals surface area contributed by atoms with E-state index in [1.165, 1.54) is 12.8 Å². The second kappa shape index (κ2) is 8.73. The molecule has 174 valence electrons. The van der Waals surface area contributed by atoms with Crippen LogP contribution in [0.2, 0.25) is 0 Å². The van der Waals surface area contributed by atoms with Crippen molar-refractivity contribution in [2.45, 2.75) is 76.4 Å². The highest BCUT2D eigenvalue weighted by Gasteiger charge is 2.48. The number of nitrogens with zero attached hydrogens (tertiary/aromatic N) is 2. The molecule has 2 amide bonds. The summed E-state index contributed by atoms with van der Waals surface area (Å²) in [5.74, 6) is -0.0717. The number of fused-ring (bicyclic) bond motifs is 3. The molecule has 1 saturated carbocycles. The molecular weight excluding hydrogens is 414 g/mol. The minimum atomic E-state index is -0.983. The predicted octanol–water partition coefficient (Wildman–Crippen LogP) is 5.09. The Morgan fingerprint density at radius 1 is 1.15 bits per heavy atom. The summed E-state index contributed by atoms with van der Waals surface area (Å²) in [6.45, 7) is 4.93. The molecule has 1 fully saturated rings. The number of aromatic nitrogens is 1. The van der Waals surface area contributed by atoms with E-state index < -0.39 is 5.54 Å². The van der Waals surface area contributed by atoms with Crippen LogP contribution in [-0.4, -0.2) is 39.4 Å². The Balaban J connectivity index is 1.49. The molecule has 6 heteroatoms. The molecule has 6 nitrogen and oxygen atoms in total. The molecule has 0 radical (unpaired) electrons. The largest absolute Gasteiger partial charge is 0.463 e. The van der Waals surface area contributed by atoms with Crippen molar-refractivity contribution in [2.24, 2.45) is 0 Å². The lowest BCUT2D eigenvalue weighted by Gasteiger charge is -2.45. The van der Waals surface area contributed by atoms with Gasteiger partial charge in [-0.25, -0.2) is 0 Å². The lowest BCUT2D eigenvalue weighted by Crippen LogP contribution is -2.65. The molecule has 2 aliphatic rings. The Morgan fingerprint density at radius 2 is 1.88 bits per heavy atom. The highest BCUT2D eigenvalue weighted by molar-refractivity contribution is 6.03. The first-order valence-corrected chi connectivity index (χ1v) is 12.2. The predicted molar refractivity (Wildman–Crippen MR) is 128 cm³/mol. The van der Waals surface area contributed by atoms with Gasteiger partial charge in [0.15, 0.2) is 5.58 Å². The topological polar surface area (TPSA) is 67.5 Å². The number of hydrogen-bond acceptors (Lipinski definition) is 3. The van der Waals surface area contributed by atoms with Crippen LogP contribution < -0.4 is 5.32 Å². The summed E-state index contributed by atoms with van der Waals surface area (Å²) in [4.78, 5) is 29.4. The van der Waals surface area contributed by atoms with E-state index in [1.807, 2.05) is 35.8 Å². The average Bonchev–Trinajstić information content (AvgIpc) is 3.31. The highest BCUT2D eigenvalue weighted by Crippen LogP contribution is 2.35. The van der Waals surface area contributed by atoms with E-state index in [9.17, 15) is 9.59 Å². The van der Waals surface area contributed by atoms with Gasteiger partial charge in [-0.05, 0) is 31.2 Å². The minimum absolute atomic E-state index is 0.0565. The first-order valence-electron chi connectivity index (χ1n) is 12.2. The number of hydrogen-bond donors (Lipinski definition) is 1. The van der Waals surface area contributed by atoms with Crippen LogP contribution in [-0.2, 0) is 11.3 Å². The van der Waals surface area contributed by atoms with E-state index in [0.29, 0.717) is 24.4 Å². The third kappa shape index (κ3) is 3.96. The molecule has 5 rings (SSSR count). The molecule has 0 bridgehead atoms. The standard InChI is InChI=1S/C27H33N3O3/c1-19(20-10-6-5-7-11-20)17-30-25(31)23-16-24-22(14-15-33-24)29(23)18-27(30,2)26(32)28-21-12-8-3-4-9-13-21/h5-7,10-11,14-16,19,21H,3-4,8-9,12-13,17-18H2,1-2H3,(H,28,32)/t19-,27-/m1/s1. The molecule has 3 aromatic rings. The summed E-state index contributed by atoms with van der Waals surface area (Å²) in [6.07, 6.45) is 8.41. The zero-order valence-electron chi connectivity index (χ0n) is 19.5. The summed E-state index contributed by atoms with van der Waals surface area (Å²) in [5, 5.41) is 3.33. The first-order chi connectivity index (χ1) is 16.0. The van der Waals surface area contributed by atoms with Crippen molar-refractivity contribution >= 4 is 22.9 Å². The number of benzene rings is 1. The number of furan rings is 1. The molecule has 1 aliphatic carbocycles. The van der Waals surface area contributed by atoms with E-state index >= 15 is 0 Å². The maximum absolute atomic E-state index is 13.8. The molecule has 33 heavy (non-hydrogen) atoms. The maximum atomic E-state index is 13.8. The first kappa shape index (κ1) is 21.8. The number of rotatable bonds is 5. The molecule has 2 atom stereocenters. The van der Waals surface area contributed by atoms with Gasteiger partial charge >= 0.3 is 0 Å². The van der Waals surface area contributed by atoms with Gasteiger partial charge in [0.2, 0.25) is 5.91 Å². The van der Waals surface area contributed by atoms with Crippen LogP contribution in [0.4, 0.5) is 0 Å². The van der Waals surface area contributed by atoms with Crippen LogP contribution in [0.5, 0.6) is 0 Å². The fourth-order valence-electron chi connectivity index (χ4n) is 5.48. The van der Waals surface area contributed by atoms with Gasteiger partial charge in [-0.15, -0.1) is 0 Å². The Hall–Kier alpha value is -3.02. The smallest absolute Gasteiger partial charge is 0.271 e. The Kier molecular flexibility index (Phi) is 5.77. The van der Waals surface area contributed by atoms with Gasteiger partial charge in [-0.3, -0.25) is 9.59 Å². The van der Waals surface area contributed by atoms with E-state index in [2.05, 4.69) is 24.4 Å². The minimum Gasteiger partial charge on any atom is -0.463 e. The van der Waals surface area contributed by atoms with E-state index in [1.54, 1.807) is 17.2 Å². The van der Waals surface area contributed by atoms with Crippen molar-refractivity contribution in [3.05, 3.63) is 60.0 Å². The van der Waals surface area contributed by atoms with Crippen LogP contribution in [0, 0.1) is 0 Å². The third-order valence-corrected chi connectivity index (χ3v) is 7.55. The Labute approximate surface area is 194 Å². The summed E-state index contributed by atoms with van der Waals surface area (Å²) in [6, 6.07) is 14.0. The van der Waals surface area contributed by atoms with Crippen molar-refractivity contribution in [1.29, 1.82) is 0 Å². The quantitative estimate of drug-likeness (QED) is 0.554. The van der Waals surface area contributed by atoms with Gasteiger partial charge in [-0.1, -0.05) is 62.9 Å². The molecule has 1 aliphatic heterocycles. The molecule has 3 heterocycles. The molecule has 0 spiro atoms. The Morgan fingerprint density at radius 3 is 2.61 bits per heavy atom. The highest BCUT2D eigenvalue weighted by atomic mass is 16.3. The van der Waals surface area contributed by atoms with Crippen LogP contribution in [0.3, 0.4) is 0 Å². The van der Waals surface area contributed by atoms with Crippen molar-refractivity contribution in [3.8, 4) is 0 Å². The molecule has 2 aromatic heterocycles. The average molecular weight is 448 g/mol. The molecule has 0 unspecified atom stereocenters. The Bertz CT molecular complexity index is 1140. The number of carbonyl (C=O) groups excluding carboxylic acids is 2. The second-order valence-corrected chi connectivity index (χ2v) is 9.95. The third-order valence-electron chi connectivity index (χ3n) is 7.55. The van der Waals surface area contributed by atoms with Gasteiger partial charge in [0.05, 0.1) is 18.3 Å². The van der Waals surface area contributed by atoms with Crippen LogP contribution in [0.1, 0.15) is 74.3 Å². The fourth-order valence-corrected chi connectivity index (χ4v) is 5.48. The van der Waals surface area contributed by atoms with Crippen molar-refractivity contribution in [2.75, 3.05) is 6.54 Å². The van der Waals surface area contributed by atoms with Gasteiger partial charge in [0.25, 0.3) is 5.91 Å². The SMILES string of the molecule is C[C@H](CN1C(=O)c2cc3occc3n2C[C@]1(C)C(=O)NC1CCCCCC1)c1ccccc1. The second-order valence-electron chi connectivity index (χ2n) is 9.95. The van der Waals surface area contributed by atoms with Gasteiger partial charge in [0.1, 0.15) is 11.2 Å². The zero-order valence-corrected chi connectivity index (χ0v) is 19.5. The van der Waals surface area contributed by atoms with E-state index in [4.69, 9.17) is 4.42 Å². The number of nitrogens with one attached hydrogen (secondary N) is 1. The van der Waals surface area contributed by atoms with E-state index in [0.717, 1.165) is 36.8 Å².